The van der Waals surface area contributed by atoms with Crippen molar-refractivity contribution in [2.75, 3.05) is 9.80 Å². The Bertz CT molecular complexity index is 7180. The van der Waals surface area contributed by atoms with Crippen LogP contribution in [0.15, 0.2) is 352 Å². The van der Waals surface area contributed by atoms with Gasteiger partial charge >= 0.3 is 0 Å². The molecule has 0 bridgehead atoms. The van der Waals surface area contributed by atoms with Gasteiger partial charge < -0.3 is 9.80 Å². The van der Waals surface area contributed by atoms with E-state index in [9.17, 15) is 0 Å². The summed E-state index contributed by atoms with van der Waals surface area (Å²) >= 11 is 0. The molecule has 0 heterocycles. The fourth-order valence-corrected chi connectivity index (χ4v) is 21.9. The van der Waals surface area contributed by atoms with Crippen LogP contribution >= 0.6 is 0 Å². The first kappa shape index (κ1) is 73.2. The molecule has 2 heteroatoms. The zero-order valence-electron chi connectivity index (χ0n) is 71.4. The highest BCUT2D eigenvalue weighted by molar-refractivity contribution is 6.27. The van der Waals surface area contributed by atoms with E-state index in [2.05, 4.69) is 445 Å². The molecule has 0 N–H and O–H groups in total. The van der Waals surface area contributed by atoms with Crippen LogP contribution in [0.5, 0.6) is 0 Å². The fourth-order valence-electron chi connectivity index (χ4n) is 21.9. The molecule has 0 atom stereocenters. The highest BCUT2D eigenvalue weighted by atomic mass is 15.1. The number of rotatable bonds is 10. The first-order valence-electron chi connectivity index (χ1n) is 43.5. The summed E-state index contributed by atoms with van der Waals surface area (Å²) in [6, 6.07) is 134. The van der Waals surface area contributed by atoms with Gasteiger partial charge in [0.15, 0.2) is 0 Å². The van der Waals surface area contributed by atoms with Crippen LogP contribution in [-0.4, -0.2) is 0 Å². The van der Waals surface area contributed by atoms with Crippen LogP contribution in [0, 0.1) is 27.7 Å². The third-order valence-electron chi connectivity index (χ3n) is 28.7. The summed E-state index contributed by atoms with van der Waals surface area (Å²) < 4.78 is 0. The molecule has 20 aromatic rings. The molecule has 0 aromatic heterocycles. The lowest BCUT2D eigenvalue weighted by atomic mass is 9.79. The monoisotopic (exact) mass is 1560 g/mol. The maximum absolute atomic E-state index is 2.48. The molecule has 20 aromatic carbocycles. The van der Waals surface area contributed by atoms with Gasteiger partial charge in [-0.2, -0.15) is 0 Å². The zero-order chi connectivity index (χ0) is 82.7. The Hall–Kier alpha value is -13.9. The predicted molar refractivity (Wildman–Crippen MR) is 521 cm³/mol. The zero-order valence-corrected chi connectivity index (χ0v) is 71.4. The third kappa shape index (κ3) is 11.2. The van der Waals surface area contributed by atoms with Crippen molar-refractivity contribution in [1.82, 2.24) is 0 Å². The molecule has 0 spiro atoms. The number of hydrogen-bond acceptors (Lipinski definition) is 2. The summed E-state index contributed by atoms with van der Waals surface area (Å²) in [6.07, 6.45) is 0. The maximum Gasteiger partial charge on any atom is 0.0465 e. The van der Waals surface area contributed by atoms with Gasteiger partial charge in [-0.25, -0.2) is 0 Å². The average molecular weight is 1560 g/mol. The van der Waals surface area contributed by atoms with E-state index in [1.54, 1.807) is 0 Å². The van der Waals surface area contributed by atoms with Gasteiger partial charge in [0, 0.05) is 55.8 Å². The standard InChI is InChI=1S/C73H64N2.C47H30/c1-45-11-23-53(24-12-45)74(54-25-13-46(2)14-26-54)57-31-37-63-61-35-21-51(41-67(61)72(7,8)69(63)43-57)49-19-33-59-60-34-20-50(40-66(60)71(5,6)65(59)39-49)52-22-36-62-64-38-32-58(44-70(64)73(9,10)68(62)42-52)75(55-27-15-47(3)16-28-55)56-29-17-48(4)18-30-56;1-47(2)41-25-33(35-19-13-31-11-9-27-5-3-7-29-15-23-39(35)45(31)43(27)29)17-21-37(41)38-22-18-34(26-42(38)47)36-20-14-32-12-10-28-6-4-8-30-16-24-40(36)46(32)44(28)30/h11-44H,1-10H3;3-26H,1-2H3. The molecule has 0 saturated carbocycles. The van der Waals surface area contributed by atoms with Crippen molar-refractivity contribution in [3.05, 3.63) is 419 Å². The van der Waals surface area contributed by atoms with Crippen LogP contribution in [0.2, 0.25) is 0 Å². The molecule has 24 rings (SSSR count). The Balaban J connectivity index is 0.000000157. The number of hydrogen-bond donors (Lipinski definition) is 0. The number of fused-ring (bicyclic) bond motifs is 12. The highest BCUT2D eigenvalue weighted by Crippen LogP contribution is 2.58. The van der Waals surface area contributed by atoms with Crippen molar-refractivity contribution in [2.24, 2.45) is 0 Å². The third-order valence-corrected chi connectivity index (χ3v) is 28.7. The molecular formula is C120H94N2. The summed E-state index contributed by atoms with van der Waals surface area (Å²) in [5.74, 6) is 0. The normalized spacial score (nSPS) is 14.3. The van der Waals surface area contributed by atoms with Crippen molar-refractivity contribution in [3.63, 3.8) is 0 Å². The van der Waals surface area contributed by atoms with Gasteiger partial charge in [0.1, 0.15) is 0 Å². The number of aryl methyl sites for hydroxylation is 4. The van der Waals surface area contributed by atoms with E-state index in [0.717, 1.165) is 22.7 Å². The second-order valence-electron chi connectivity index (χ2n) is 37.5. The number of nitrogens with zero attached hydrogens (tertiary/aromatic N) is 2. The van der Waals surface area contributed by atoms with Gasteiger partial charge in [-0.3, -0.25) is 0 Å². The molecule has 584 valence electrons. The quantitative estimate of drug-likeness (QED) is 0.126. The van der Waals surface area contributed by atoms with Crippen LogP contribution in [0.4, 0.5) is 34.1 Å². The molecule has 122 heavy (non-hydrogen) atoms. The molecule has 4 aliphatic rings. The van der Waals surface area contributed by atoms with E-state index in [1.807, 2.05) is 0 Å². The number of anilines is 6. The van der Waals surface area contributed by atoms with Gasteiger partial charge in [-0.1, -0.05) is 320 Å². The van der Waals surface area contributed by atoms with Gasteiger partial charge in [-0.05, 0) is 335 Å². The smallest absolute Gasteiger partial charge is 0.0465 e. The fraction of sp³-hybridized carbons (Fsp3) is 0.133. The average Bonchev–Trinajstić information content (AvgIpc) is 1.36. The maximum atomic E-state index is 2.48. The summed E-state index contributed by atoms with van der Waals surface area (Å²) in [7, 11) is 0. The van der Waals surface area contributed by atoms with E-state index in [0.29, 0.717) is 0 Å². The van der Waals surface area contributed by atoms with Crippen molar-refractivity contribution in [3.8, 4) is 89.0 Å². The lowest BCUT2D eigenvalue weighted by Gasteiger charge is -2.28. The van der Waals surface area contributed by atoms with Crippen molar-refractivity contribution in [1.29, 1.82) is 0 Å². The second kappa shape index (κ2) is 26.8. The van der Waals surface area contributed by atoms with Crippen LogP contribution in [0.25, 0.3) is 154 Å². The lowest BCUT2D eigenvalue weighted by molar-refractivity contribution is 0.659. The number of benzene rings is 20. The molecule has 0 aliphatic heterocycles. The van der Waals surface area contributed by atoms with Crippen LogP contribution in [-0.2, 0) is 21.7 Å². The predicted octanol–water partition coefficient (Wildman–Crippen LogP) is 33.2. The molecule has 0 fully saturated rings. The minimum absolute atomic E-state index is 0.121. The Kier molecular flexibility index (Phi) is 16.1. The van der Waals surface area contributed by atoms with Crippen LogP contribution < -0.4 is 9.80 Å². The Labute approximate surface area is 716 Å². The van der Waals surface area contributed by atoms with Crippen LogP contribution in [0.3, 0.4) is 0 Å². The topological polar surface area (TPSA) is 6.48 Å². The van der Waals surface area contributed by atoms with Gasteiger partial charge in [-0.15, -0.1) is 0 Å². The summed E-state index contributed by atoms with van der Waals surface area (Å²) in [6.45, 7) is 27.8. The first-order valence-corrected chi connectivity index (χ1v) is 43.5. The minimum atomic E-state index is -0.186. The molecule has 0 radical (unpaired) electrons. The molecule has 0 amide bonds. The Morgan fingerprint density at radius 3 is 0.631 bits per heavy atom. The van der Waals surface area contributed by atoms with E-state index in [4.69, 9.17) is 0 Å². The van der Waals surface area contributed by atoms with Crippen LogP contribution in [0.1, 0.15) is 122 Å². The summed E-state index contributed by atoms with van der Waals surface area (Å²) in [5.41, 5.74) is 43.3. The minimum Gasteiger partial charge on any atom is -0.310 e. The first-order chi connectivity index (χ1) is 59.1. The Morgan fingerprint density at radius 2 is 0.361 bits per heavy atom. The SMILES string of the molecule is CC1(C)c2cc(-c3ccc4ccc5cccc6ccc3c4c56)ccc2-c2ccc(-c3ccc4ccc5cccc6ccc3c4c56)cc21.Cc1ccc(N(c2ccc(C)cc2)c2ccc3c(c2)C(C)(C)c2cc(-c4ccc5c(c4)C(C)(C)c4cc(-c6ccc7c(c6)C(C)(C)c6cc(N(c8ccc(C)cc8)c8ccc(C)cc8)ccc6-7)ccc4-5)ccc2-3)cc1. The molecule has 0 saturated heterocycles. The van der Waals surface area contributed by atoms with E-state index in [1.165, 1.54) is 232 Å². The summed E-state index contributed by atoms with van der Waals surface area (Å²) in [4.78, 5) is 4.79. The largest absolute Gasteiger partial charge is 0.310 e. The highest BCUT2D eigenvalue weighted by Gasteiger charge is 2.42. The van der Waals surface area contributed by atoms with E-state index < -0.39 is 0 Å². The van der Waals surface area contributed by atoms with Crippen molar-refractivity contribution >= 4 is 98.8 Å². The molecule has 2 nitrogen and oxygen atoms in total. The van der Waals surface area contributed by atoms with Gasteiger partial charge in [0.25, 0.3) is 0 Å². The van der Waals surface area contributed by atoms with E-state index in [-0.39, 0.29) is 21.7 Å². The van der Waals surface area contributed by atoms with Gasteiger partial charge in [0.05, 0.1) is 0 Å². The Morgan fingerprint density at radius 1 is 0.164 bits per heavy atom. The van der Waals surface area contributed by atoms with Crippen molar-refractivity contribution < 1.29 is 0 Å². The van der Waals surface area contributed by atoms with E-state index >= 15 is 0 Å². The van der Waals surface area contributed by atoms with Crippen molar-refractivity contribution in [2.45, 2.75) is 105 Å². The molecule has 4 aliphatic carbocycles. The molecular weight excluding hydrogens is 1470 g/mol. The summed E-state index contributed by atoms with van der Waals surface area (Å²) in [5, 5.41) is 16.0. The van der Waals surface area contributed by atoms with Gasteiger partial charge in [0.2, 0.25) is 0 Å². The second-order valence-corrected chi connectivity index (χ2v) is 37.5. The molecule has 0 unspecified atom stereocenters. The lowest BCUT2D eigenvalue weighted by Crippen LogP contribution is -2.17.